The number of nitrogens with zero attached hydrogens (tertiary/aromatic N) is 1. The van der Waals surface area contributed by atoms with Crippen LogP contribution in [0.15, 0.2) is 18.2 Å². The molecule has 1 aliphatic rings. The zero-order valence-electron chi connectivity index (χ0n) is 12.6. The van der Waals surface area contributed by atoms with Gasteiger partial charge in [0.25, 0.3) is 11.6 Å². The second kappa shape index (κ2) is 7.74. The lowest BCUT2D eigenvalue weighted by Gasteiger charge is -2.07. The maximum absolute atomic E-state index is 12.0. The highest BCUT2D eigenvalue weighted by molar-refractivity contribution is 5.95. The number of hydrogen-bond acceptors (Lipinski definition) is 5. The fraction of sp³-hybridized carbons (Fsp3) is 0.533. The molecule has 0 spiro atoms. The predicted octanol–water partition coefficient (Wildman–Crippen LogP) is 2.18. The molecule has 0 unspecified atom stereocenters. The van der Waals surface area contributed by atoms with Crippen molar-refractivity contribution in [3.05, 3.63) is 33.9 Å². The zero-order chi connectivity index (χ0) is 15.9. The van der Waals surface area contributed by atoms with Crippen LogP contribution in [0, 0.1) is 16.0 Å². The minimum absolute atomic E-state index is 0.108. The third kappa shape index (κ3) is 4.70. The molecule has 7 nitrogen and oxygen atoms in total. The number of rotatable bonds is 9. The minimum atomic E-state index is -0.506. The van der Waals surface area contributed by atoms with Gasteiger partial charge in [-0.1, -0.05) is 0 Å². The lowest BCUT2D eigenvalue weighted by Crippen LogP contribution is -2.25. The summed E-state index contributed by atoms with van der Waals surface area (Å²) < 4.78 is 5.48. The minimum Gasteiger partial charge on any atom is -0.383 e. The van der Waals surface area contributed by atoms with Crippen molar-refractivity contribution in [1.82, 2.24) is 5.32 Å². The van der Waals surface area contributed by atoms with Crippen LogP contribution in [-0.4, -0.2) is 37.6 Å². The van der Waals surface area contributed by atoms with Crippen LogP contribution in [0.2, 0.25) is 0 Å². The number of nitro benzene ring substituents is 1. The van der Waals surface area contributed by atoms with Crippen molar-refractivity contribution in [1.29, 1.82) is 0 Å². The molecule has 0 saturated heterocycles. The van der Waals surface area contributed by atoms with Crippen LogP contribution in [0.3, 0.4) is 0 Å². The van der Waals surface area contributed by atoms with Crippen molar-refractivity contribution in [2.24, 2.45) is 5.92 Å². The molecule has 0 radical (unpaired) electrons. The average molecular weight is 307 g/mol. The third-order valence-corrected chi connectivity index (χ3v) is 3.53. The first-order valence-corrected chi connectivity index (χ1v) is 7.44. The van der Waals surface area contributed by atoms with Gasteiger partial charge in [-0.3, -0.25) is 14.9 Å². The number of carbonyl (C=O) groups excluding carboxylic acids is 1. The summed E-state index contributed by atoms with van der Waals surface area (Å²) in [6.45, 7) is 1.92. The lowest BCUT2D eigenvalue weighted by molar-refractivity contribution is -0.384. The van der Waals surface area contributed by atoms with E-state index in [2.05, 4.69) is 10.6 Å². The second-order valence-electron chi connectivity index (χ2n) is 5.37. The Labute approximate surface area is 129 Å². The molecule has 2 rings (SSSR count). The lowest BCUT2D eigenvalue weighted by atomic mass is 10.1. The summed E-state index contributed by atoms with van der Waals surface area (Å²) in [6, 6.07) is 4.38. The molecule has 0 bridgehead atoms. The molecule has 1 aromatic rings. The molecule has 0 aromatic heterocycles. The Hall–Kier alpha value is -2.15. The van der Waals surface area contributed by atoms with Crippen LogP contribution in [0.4, 0.5) is 11.4 Å². The fourth-order valence-corrected chi connectivity index (χ4v) is 2.05. The Bertz CT molecular complexity index is 544. The zero-order valence-corrected chi connectivity index (χ0v) is 12.6. The first kappa shape index (κ1) is 16.2. The van der Waals surface area contributed by atoms with Crippen molar-refractivity contribution in [2.45, 2.75) is 19.3 Å². The monoisotopic (exact) mass is 307 g/mol. The summed E-state index contributed by atoms with van der Waals surface area (Å²) in [4.78, 5) is 22.4. The van der Waals surface area contributed by atoms with Crippen LogP contribution in [-0.2, 0) is 4.74 Å². The van der Waals surface area contributed by atoms with Gasteiger partial charge in [0.1, 0.15) is 5.69 Å². The Morgan fingerprint density at radius 2 is 2.23 bits per heavy atom. The first-order chi connectivity index (χ1) is 10.6. The Morgan fingerprint density at radius 1 is 1.45 bits per heavy atom. The SMILES string of the molecule is CNc1ccc(C(=O)NCCCOCC2CC2)cc1[N+](=O)[O-]. The summed E-state index contributed by atoms with van der Waals surface area (Å²) in [5.41, 5.74) is 0.558. The Kier molecular flexibility index (Phi) is 5.71. The van der Waals surface area contributed by atoms with Gasteiger partial charge in [0, 0.05) is 38.4 Å². The molecule has 0 heterocycles. The van der Waals surface area contributed by atoms with Crippen LogP contribution in [0.5, 0.6) is 0 Å². The van der Waals surface area contributed by atoms with Crippen LogP contribution >= 0.6 is 0 Å². The number of anilines is 1. The average Bonchev–Trinajstić information content (AvgIpc) is 3.34. The molecule has 0 aliphatic heterocycles. The topological polar surface area (TPSA) is 93.5 Å². The van der Waals surface area contributed by atoms with E-state index in [4.69, 9.17) is 4.74 Å². The maximum Gasteiger partial charge on any atom is 0.293 e. The van der Waals surface area contributed by atoms with E-state index in [1.54, 1.807) is 13.1 Å². The Balaban J connectivity index is 1.78. The second-order valence-corrected chi connectivity index (χ2v) is 5.37. The summed E-state index contributed by atoms with van der Waals surface area (Å²) in [7, 11) is 1.60. The van der Waals surface area contributed by atoms with Gasteiger partial charge in [0.05, 0.1) is 4.92 Å². The van der Waals surface area contributed by atoms with E-state index in [9.17, 15) is 14.9 Å². The van der Waals surface area contributed by atoms with Gasteiger partial charge in [0.2, 0.25) is 0 Å². The number of amides is 1. The smallest absolute Gasteiger partial charge is 0.293 e. The number of carbonyl (C=O) groups is 1. The third-order valence-electron chi connectivity index (χ3n) is 3.53. The van der Waals surface area contributed by atoms with Gasteiger partial charge >= 0.3 is 0 Å². The number of nitrogens with one attached hydrogen (secondary N) is 2. The van der Waals surface area contributed by atoms with E-state index >= 15 is 0 Å². The van der Waals surface area contributed by atoms with Crippen molar-refractivity contribution < 1.29 is 14.5 Å². The normalized spacial score (nSPS) is 13.7. The first-order valence-electron chi connectivity index (χ1n) is 7.44. The van der Waals surface area contributed by atoms with Gasteiger partial charge in [-0.05, 0) is 37.3 Å². The molecule has 1 amide bonds. The summed E-state index contributed by atoms with van der Waals surface area (Å²) in [5, 5.41) is 16.4. The van der Waals surface area contributed by atoms with Gasteiger partial charge in [-0.15, -0.1) is 0 Å². The number of benzene rings is 1. The number of ether oxygens (including phenoxy) is 1. The highest BCUT2D eigenvalue weighted by atomic mass is 16.6. The molecule has 1 fully saturated rings. The largest absolute Gasteiger partial charge is 0.383 e. The molecule has 1 aliphatic carbocycles. The van der Waals surface area contributed by atoms with E-state index in [0.717, 1.165) is 18.9 Å². The van der Waals surface area contributed by atoms with Crippen LogP contribution in [0.25, 0.3) is 0 Å². The number of nitro groups is 1. The van der Waals surface area contributed by atoms with Crippen LogP contribution < -0.4 is 10.6 Å². The van der Waals surface area contributed by atoms with Crippen molar-refractivity contribution in [3.8, 4) is 0 Å². The van der Waals surface area contributed by atoms with Crippen LogP contribution in [0.1, 0.15) is 29.6 Å². The molecule has 2 N–H and O–H groups in total. The molecule has 7 heteroatoms. The molecule has 1 saturated carbocycles. The maximum atomic E-state index is 12.0. The van der Waals surface area contributed by atoms with E-state index < -0.39 is 4.92 Å². The predicted molar refractivity (Wildman–Crippen MR) is 83.1 cm³/mol. The van der Waals surface area contributed by atoms with Crippen molar-refractivity contribution in [2.75, 3.05) is 32.1 Å². The van der Waals surface area contributed by atoms with Gasteiger partial charge in [-0.25, -0.2) is 0 Å². The fourth-order valence-electron chi connectivity index (χ4n) is 2.05. The molecule has 120 valence electrons. The Morgan fingerprint density at radius 3 is 2.86 bits per heavy atom. The summed E-state index contributed by atoms with van der Waals surface area (Å²) in [5.74, 6) is 0.425. The summed E-state index contributed by atoms with van der Waals surface area (Å²) in [6.07, 6.45) is 3.26. The molecule has 0 atom stereocenters. The molecule has 22 heavy (non-hydrogen) atoms. The van der Waals surface area contributed by atoms with E-state index in [0.29, 0.717) is 18.8 Å². The molecule has 1 aromatic carbocycles. The van der Waals surface area contributed by atoms with Crippen molar-refractivity contribution >= 4 is 17.3 Å². The van der Waals surface area contributed by atoms with Gasteiger partial charge in [0.15, 0.2) is 0 Å². The molecular weight excluding hydrogens is 286 g/mol. The molecular formula is C15H21N3O4. The van der Waals surface area contributed by atoms with Gasteiger partial charge < -0.3 is 15.4 Å². The van der Waals surface area contributed by atoms with E-state index in [-0.39, 0.29) is 17.2 Å². The standard InChI is InChI=1S/C15H21N3O4/c1-16-13-6-5-12(9-14(13)18(20)21)15(19)17-7-2-8-22-10-11-3-4-11/h5-6,9,11,16H,2-4,7-8,10H2,1H3,(H,17,19). The highest BCUT2D eigenvalue weighted by Crippen LogP contribution is 2.28. The van der Waals surface area contributed by atoms with Gasteiger partial charge in [-0.2, -0.15) is 0 Å². The highest BCUT2D eigenvalue weighted by Gasteiger charge is 2.21. The summed E-state index contributed by atoms with van der Waals surface area (Å²) >= 11 is 0. The number of hydrogen-bond donors (Lipinski definition) is 2. The van der Waals surface area contributed by atoms with E-state index in [1.165, 1.54) is 25.0 Å². The van der Waals surface area contributed by atoms with Crippen molar-refractivity contribution in [3.63, 3.8) is 0 Å². The quantitative estimate of drug-likeness (QED) is 0.414. The van der Waals surface area contributed by atoms with E-state index in [1.807, 2.05) is 0 Å².